The lowest BCUT2D eigenvalue weighted by atomic mass is 10.0. The van der Waals surface area contributed by atoms with Crippen molar-refractivity contribution in [1.82, 2.24) is 0 Å². The van der Waals surface area contributed by atoms with Crippen molar-refractivity contribution in [1.29, 1.82) is 0 Å². The molecule has 2 unspecified atom stereocenters. The second-order valence-corrected chi connectivity index (χ2v) is 8.89. The van der Waals surface area contributed by atoms with Gasteiger partial charge in [-0.05, 0) is 72.7 Å². The standard InChI is InChI=1S/C24H24F2N4S.2C2H6/c1-24-11-17(24)4-3-5-18(12-24)31-30-21-9-7-19(25)22(23(21)26)15-6-8-20(28-2)16(10-15)13-29-14-27;2*1-2/h3,5-10,12-13,17,30H,2,4,11,14,27H2,1H3;2*1-2H3/b29-13-;;. The molecule has 3 N–H and O–H groups in total. The summed E-state index contributed by atoms with van der Waals surface area (Å²) in [5, 5.41) is 0. The predicted molar refractivity (Wildman–Crippen MR) is 150 cm³/mol. The van der Waals surface area contributed by atoms with Crippen LogP contribution in [0.4, 0.5) is 20.2 Å². The lowest BCUT2D eigenvalue weighted by Gasteiger charge is -2.13. The van der Waals surface area contributed by atoms with Gasteiger partial charge in [-0.1, -0.05) is 58.9 Å². The molecule has 2 aliphatic carbocycles. The molecule has 35 heavy (non-hydrogen) atoms. The van der Waals surface area contributed by atoms with Crippen molar-refractivity contribution in [2.75, 3.05) is 11.4 Å². The summed E-state index contributed by atoms with van der Waals surface area (Å²) < 4.78 is 33.0. The SMILES string of the molecule is C=Nc1ccc(-c2c(F)ccc(NSC3=CC4(C)CC4CC=C3)c2F)cc1/C=N\CN.CC.CC. The van der Waals surface area contributed by atoms with Crippen LogP contribution in [-0.4, -0.2) is 19.6 Å². The molecule has 0 aliphatic heterocycles. The van der Waals surface area contributed by atoms with Gasteiger partial charge in [-0.3, -0.25) is 9.98 Å². The number of benzene rings is 2. The van der Waals surface area contributed by atoms with Crippen molar-refractivity contribution in [2.24, 2.45) is 27.1 Å². The molecule has 2 aliphatic rings. The van der Waals surface area contributed by atoms with Gasteiger partial charge >= 0.3 is 0 Å². The highest BCUT2D eigenvalue weighted by Gasteiger charge is 2.47. The number of hydrogen-bond acceptors (Lipinski definition) is 5. The highest BCUT2D eigenvalue weighted by molar-refractivity contribution is 8.04. The largest absolute Gasteiger partial charge is 0.323 e. The van der Waals surface area contributed by atoms with Gasteiger partial charge in [0.15, 0.2) is 5.82 Å². The quantitative estimate of drug-likeness (QED) is 0.298. The molecule has 4 rings (SSSR count). The van der Waals surface area contributed by atoms with E-state index >= 15 is 4.39 Å². The summed E-state index contributed by atoms with van der Waals surface area (Å²) in [6, 6.07) is 7.59. The summed E-state index contributed by atoms with van der Waals surface area (Å²) in [5.74, 6) is -0.598. The normalized spacial score (nSPS) is 19.9. The Bertz CT molecular complexity index is 1110. The van der Waals surface area contributed by atoms with Crippen LogP contribution in [0.1, 0.15) is 53.0 Å². The number of hydrogen-bond donors (Lipinski definition) is 2. The molecule has 0 amide bonds. The van der Waals surface area contributed by atoms with Crippen molar-refractivity contribution in [3.8, 4) is 11.1 Å². The van der Waals surface area contributed by atoms with Crippen molar-refractivity contribution in [2.45, 2.75) is 47.5 Å². The van der Waals surface area contributed by atoms with Crippen molar-refractivity contribution < 1.29 is 8.78 Å². The van der Waals surface area contributed by atoms with Gasteiger partial charge in [0.05, 0.1) is 23.6 Å². The van der Waals surface area contributed by atoms with Crippen LogP contribution in [0.3, 0.4) is 0 Å². The smallest absolute Gasteiger partial charge is 0.157 e. The third-order valence-corrected chi connectivity index (χ3v) is 6.64. The first kappa shape index (κ1) is 28.5. The molecule has 1 saturated carbocycles. The van der Waals surface area contributed by atoms with Crippen molar-refractivity contribution in [3.63, 3.8) is 0 Å². The van der Waals surface area contributed by atoms with E-state index in [-0.39, 0.29) is 23.3 Å². The van der Waals surface area contributed by atoms with Gasteiger partial charge in [0.1, 0.15) is 5.82 Å². The lowest BCUT2D eigenvalue weighted by molar-refractivity contribution is 0.592. The van der Waals surface area contributed by atoms with Crippen molar-refractivity contribution >= 4 is 36.3 Å². The van der Waals surface area contributed by atoms with Crippen LogP contribution in [0.15, 0.2) is 63.4 Å². The lowest BCUT2D eigenvalue weighted by Crippen LogP contribution is -1.99. The third kappa shape index (κ3) is 6.89. The average molecular weight is 499 g/mol. The first-order chi connectivity index (χ1) is 16.9. The molecule has 7 heteroatoms. The van der Waals surface area contributed by atoms with Gasteiger partial charge in [0.25, 0.3) is 0 Å². The third-order valence-electron chi connectivity index (χ3n) is 5.83. The number of fused-ring (bicyclic) bond motifs is 1. The Morgan fingerprint density at radius 2 is 1.94 bits per heavy atom. The fourth-order valence-corrected chi connectivity index (χ4v) is 4.78. The minimum absolute atomic E-state index is 0.101. The fraction of sp³-hybridized carbons (Fsp3) is 0.357. The maximum Gasteiger partial charge on any atom is 0.157 e. The molecule has 0 heterocycles. The van der Waals surface area contributed by atoms with Crippen LogP contribution in [0.2, 0.25) is 0 Å². The monoisotopic (exact) mass is 498 g/mol. The van der Waals surface area contributed by atoms with E-state index in [1.54, 1.807) is 18.2 Å². The highest BCUT2D eigenvalue weighted by atomic mass is 32.2. The van der Waals surface area contributed by atoms with E-state index in [1.165, 1.54) is 36.7 Å². The molecular formula is C28H36F2N4S. The van der Waals surface area contributed by atoms with Crippen LogP contribution in [0, 0.1) is 23.0 Å². The maximum absolute atomic E-state index is 15.3. The number of allylic oxidation sites excluding steroid dienone is 3. The van der Waals surface area contributed by atoms with Crippen molar-refractivity contribution in [3.05, 3.63) is 70.7 Å². The number of aliphatic imine (C=N–C) groups is 2. The number of anilines is 1. The summed E-state index contributed by atoms with van der Waals surface area (Å²) in [6.45, 7) is 13.9. The van der Waals surface area contributed by atoms with E-state index in [2.05, 4.69) is 46.6 Å². The maximum atomic E-state index is 15.3. The number of nitrogens with zero attached hydrogens (tertiary/aromatic N) is 2. The molecule has 2 aromatic carbocycles. The van der Waals surface area contributed by atoms with Gasteiger partial charge in [-0.2, -0.15) is 0 Å². The summed E-state index contributed by atoms with van der Waals surface area (Å²) in [7, 11) is 0. The number of rotatable bonds is 7. The molecule has 1 fully saturated rings. The molecule has 188 valence electrons. The molecule has 2 aromatic rings. The summed E-state index contributed by atoms with van der Waals surface area (Å²) >= 11 is 1.34. The molecule has 4 nitrogen and oxygen atoms in total. The van der Waals surface area contributed by atoms with E-state index < -0.39 is 11.6 Å². The van der Waals surface area contributed by atoms with Crippen LogP contribution in [0.25, 0.3) is 11.1 Å². The van der Waals surface area contributed by atoms with Crippen LogP contribution < -0.4 is 10.5 Å². The van der Waals surface area contributed by atoms with E-state index in [0.717, 1.165) is 11.3 Å². The minimum atomic E-state index is -0.651. The number of halogens is 2. The Morgan fingerprint density at radius 1 is 1.20 bits per heavy atom. The van der Waals surface area contributed by atoms with E-state index in [9.17, 15) is 4.39 Å². The van der Waals surface area contributed by atoms with Crippen LogP contribution in [0.5, 0.6) is 0 Å². The molecule has 0 saturated heterocycles. The average Bonchev–Trinajstić information content (AvgIpc) is 3.55. The van der Waals surface area contributed by atoms with Gasteiger partial charge in [-0.25, -0.2) is 8.78 Å². The Kier molecular flexibility index (Phi) is 10.9. The second-order valence-electron chi connectivity index (χ2n) is 8.01. The molecular weight excluding hydrogens is 462 g/mol. The zero-order valence-corrected chi connectivity index (χ0v) is 22.1. The zero-order chi connectivity index (χ0) is 26.0. The van der Waals surface area contributed by atoms with Gasteiger partial charge < -0.3 is 10.5 Å². The van der Waals surface area contributed by atoms with E-state index in [4.69, 9.17) is 5.73 Å². The summed E-state index contributed by atoms with van der Waals surface area (Å²) in [6.07, 6.45) is 10.2. The number of nitrogens with one attached hydrogen (secondary N) is 1. The molecule has 2 atom stereocenters. The van der Waals surface area contributed by atoms with Gasteiger partial charge in [-0.15, -0.1) is 0 Å². The van der Waals surface area contributed by atoms with E-state index in [1.807, 2.05) is 27.7 Å². The molecule has 0 radical (unpaired) electrons. The molecule has 0 spiro atoms. The Morgan fingerprint density at radius 3 is 2.63 bits per heavy atom. The van der Waals surface area contributed by atoms with Gasteiger partial charge in [0.2, 0.25) is 0 Å². The topological polar surface area (TPSA) is 62.8 Å². The summed E-state index contributed by atoms with van der Waals surface area (Å²) in [4.78, 5) is 8.96. The minimum Gasteiger partial charge on any atom is -0.323 e. The Labute approximate surface area is 212 Å². The summed E-state index contributed by atoms with van der Waals surface area (Å²) in [5.41, 5.74) is 7.30. The van der Waals surface area contributed by atoms with Gasteiger partial charge in [0, 0.05) is 16.7 Å². The second kappa shape index (κ2) is 13.4. The van der Waals surface area contributed by atoms with Crippen LogP contribution >= 0.6 is 11.9 Å². The Hall–Kier alpha value is -2.77. The Balaban J connectivity index is 0.00000103. The first-order valence-electron chi connectivity index (χ1n) is 12.1. The predicted octanol–water partition coefficient (Wildman–Crippen LogP) is 8.28. The first-order valence-corrected chi connectivity index (χ1v) is 12.9. The molecule has 0 aromatic heterocycles. The van der Waals surface area contributed by atoms with Crippen LogP contribution in [-0.2, 0) is 0 Å². The zero-order valence-electron chi connectivity index (χ0n) is 21.2. The fourth-order valence-electron chi connectivity index (χ4n) is 3.90. The van der Waals surface area contributed by atoms with E-state index in [0.29, 0.717) is 22.7 Å². The number of nitrogens with two attached hydrogens (primary N) is 1. The molecule has 0 bridgehead atoms. The highest BCUT2D eigenvalue weighted by Crippen LogP contribution is 2.57.